The molecule has 0 radical (unpaired) electrons. The van der Waals surface area contributed by atoms with Crippen LogP contribution in [0.3, 0.4) is 0 Å². The first-order chi connectivity index (χ1) is 24.5. The Morgan fingerprint density at radius 3 is 2.27 bits per heavy atom. The Hall–Kier alpha value is -4.09. The van der Waals surface area contributed by atoms with Crippen LogP contribution in [0.5, 0.6) is 5.75 Å². The van der Waals surface area contributed by atoms with E-state index >= 15 is 0 Å². The molecule has 3 heterocycles. The third-order valence-electron chi connectivity index (χ3n) is 9.54. The molecule has 0 saturated carbocycles. The van der Waals surface area contributed by atoms with Crippen LogP contribution in [-0.2, 0) is 21.6 Å². The molecule has 2 aliphatic heterocycles. The van der Waals surface area contributed by atoms with Crippen LogP contribution in [-0.4, -0.2) is 59.9 Å². The SMILES string of the molecule is CC(C)C.CCCCCCCCC(=O)Oc1c2n(cc(C(=O)NCc3ccc(F)cc3F)c1=O)C1(C)CN(C2=O)C(C)CCC1C.CN=C(C)OC. The van der Waals surface area contributed by atoms with Gasteiger partial charge in [0.2, 0.25) is 11.2 Å². The molecule has 52 heavy (non-hydrogen) atoms. The lowest BCUT2D eigenvalue weighted by molar-refractivity contribution is -0.134. The summed E-state index contributed by atoms with van der Waals surface area (Å²) >= 11 is 0. The number of ether oxygens (including phenoxy) is 2. The first kappa shape index (κ1) is 44.1. The topological polar surface area (TPSA) is 119 Å². The number of benzene rings is 1. The van der Waals surface area contributed by atoms with Gasteiger partial charge in [-0.2, -0.15) is 0 Å². The number of nitrogens with one attached hydrogen (secondary N) is 1. The quantitative estimate of drug-likeness (QED) is 0.108. The van der Waals surface area contributed by atoms with E-state index in [0.717, 1.165) is 62.8 Å². The molecule has 10 nitrogen and oxygen atoms in total. The molecule has 2 aromatic rings. The van der Waals surface area contributed by atoms with Crippen molar-refractivity contribution in [2.45, 2.75) is 131 Å². The maximum absolute atomic E-state index is 14.2. The summed E-state index contributed by atoms with van der Waals surface area (Å²) in [5.41, 5.74) is -1.88. The monoisotopic (exact) mass is 730 g/mol. The number of fused-ring (bicyclic) bond motifs is 4. The lowest BCUT2D eigenvalue weighted by Crippen LogP contribution is -2.56. The minimum atomic E-state index is -0.883. The summed E-state index contributed by atoms with van der Waals surface area (Å²) in [5, 5.41) is 2.52. The summed E-state index contributed by atoms with van der Waals surface area (Å²) in [6.45, 7) is 16.5. The number of carbonyl (C=O) groups excluding carboxylic acids is 3. The molecule has 4 rings (SSSR count). The van der Waals surface area contributed by atoms with Crippen LogP contribution in [0.25, 0.3) is 0 Å². The zero-order valence-corrected chi connectivity index (χ0v) is 32.9. The number of aliphatic imine (C=N–C) groups is 1. The summed E-state index contributed by atoms with van der Waals surface area (Å²) in [6, 6.07) is 2.92. The summed E-state index contributed by atoms with van der Waals surface area (Å²) in [6.07, 6.45) is 8.76. The second kappa shape index (κ2) is 20.8. The number of amides is 2. The van der Waals surface area contributed by atoms with E-state index in [2.05, 4.69) is 49.7 Å². The lowest BCUT2D eigenvalue weighted by atomic mass is 9.82. The maximum Gasteiger partial charge on any atom is 0.311 e. The molecule has 3 atom stereocenters. The van der Waals surface area contributed by atoms with E-state index in [1.165, 1.54) is 12.3 Å². The summed E-state index contributed by atoms with van der Waals surface area (Å²) < 4.78 is 39.5. The fraction of sp³-hybridized carbons (Fsp3) is 0.625. The van der Waals surface area contributed by atoms with Gasteiger partial charge in [-0.25, -0.2) is 8.78 Å². The Labute approximate surface area is 308 Å². The van der Waals surface area contributed by atoms with Crippen molar-refractivity contribution in [1.29, 1.82) is 0 Å². The van der Waals surface area contributed by atoms with Crippen molar-refractivity contribution < 1.29 is 32.6 Å². The van der Waals surface area contributed by atoms with Gasteiger partial charge in [-0.05, 0) is 51.0 Å². The van der Waals surface area contributed by atoms with Gasteiger partial charge in [-0.3, -0.25) is 24.2 Å². The van der Waals surface area contributed by atoms with Crippen LogP contribution in [0.1, 0.15) is 140 Å². The summed E-state index contributed by atoms with van der Waals surface area (Å²) in [4.78, 5) is 59.3. The molecule has 2 aliphatic rings. The predicted molar refractivity (Wildman–Crippen MR) is 201 cm³/mol. The number of rotatable bonds is 11. The molecule has 12 heteroatoms. The number of esters is 1. The van der Waals surface area contributed by atoms with Crippen LogP contribution in [0.15, 0.2) is 34.2 Å². The molecular weight excluding hydrogens is 670 g/mol. The van der Waals surface area contributed by atoms with Gasteiger partial charge in [-0.1, -0.05) is 72.8 Å². The zero-order valence-electron chi connectivity index (χ0n) is 32.9. The minimum Gasteiger partial charge on any atom is -0.485 e. The predicted octanol–water partition coefficient (Wildman–Crippen LogP) is 8.05. The largest absolute Gasteiger partial charge is 0.485 e. The van der Waals surface area contributed by atoms with Gasteiger partial charge in [0.1, 0.15) is 17.2 Å². The van der Waals surface area contributed by atoms with E-state index < -0.39 is 46.1 Å². The molecular formula is C40H60F2N4O6. The van der Waals surface area contributed by atoms with Crippen molar-refractivity contribution in [2.75, 3.05) is 20.7 Å². The smallest absolute Gasteiger partial charge is 0.311 e. The summed E-state index contributed by atoms with van der Waals surface area (Å²) in [7, 11) is 3.29. The number of unbranched alkanes of at least 4 members (excludes halogenated alkanes) is 5. The number of hydrogen-bond acceptors (Lipinski definition) is 7. The molecule has 1 aromatic carbocycles. The van der Waals surface area contributed by atoms with E-state index in [9.17, 15) is 28.0 Å². The van der Waals surface area contributed by atoms with Crippen molar-refractivity contribution in [2.24, 2.45) is 16.8 Å². The van der Waals surface area contributed by atoms with E-state index in [4.69, 9.17) is 4.74 Å². The van der Waals surface area contributed by atoms with Gasteiger partial charge in [-0.15, -0.1) is 0 Å². The fourth-order valence-corrected chi connectivity index (χ4v) is 6.03. The van der Waals surface area contributed by atoms with Gasteiger partial charge >= 0.3 is 5.97 Å². The van der Waals surface area contributed by atoms with Crippen LogP contribution in [0, 0.1) is 23.5 Å². The van der Waals surface area contributed by atoms with Gasteiger partial charge < -0.3 is 24.3 Å². The highest BCUT2D eigenvalue weighted by Gasteiger charge is 2.48. The molecule has 1 aromatic heterocycles. The van der Waals surface area contributed by atoms with Gasteiger partial charge in [0.05, 0.1) is 12.6 Å². The standard InChI is InChI=1S/C32H41F2N3O5.C4H9NO.C4H10/c1-5-6-7-8-9-10-11-26(38)42-29-27-31(41)36-19-32(4,20(2)12-13-21(36)3)37(27)18-24(28(29)39)30(40)35-17-22-14-15-23(33)16-25(22)34;1-4(5-2)6-3;1-4(2)3/h14-16,18,20-21H,5-13,17,19H2,1-4H3,(H,35,40);1-3H3;4H,1-3H3. The first-order valence-corrected chi connectivity index (χ1v) is 18.5. The van der Waals surface area contributed by atoms with Crippen molar-refractivity contribution in [3.05, 3.63) is 63.1 Å². The van der Waals surface area contributed by atoms with Crippen molar-refractivity contribution in [3.8, 4) is 5.75 Å². The molecule has 1 N–H and O–H groups in total. The van der Waals surface area contributed by atoms with Gasteiger partial charge in [0, 0.05) is 57.4 Å². The molecule has 2 bridgehead atoms. The maximum atomic E-state index is 14.2. The van der Waals surface area contributed by atoms with E-state index in [1.54, 1.807) is 30.5 Å². The highest BCUT2D eigenvalue weighted by molar-refractivity contribution is 6.00. The average Bonchev–Trinajstić information content (AvgIpc) is 3.19. The normalized spacial score (nSPS) is 19.4. The Morgan fingerprint density at radius 2 is 1.69 bits per heavy atom. The Bertz CT molecular complexity index is 1600. The van der Waals surface area contributed by atoms with Crippen LogP contribution >= 0.6 is 0 Å². The second-order valence-electron chi connectivity index (χ2n) is 14.6. The Morgan fingerprint density at radius 1 is 1.06 bits per heavy atom. The van der Waals surface area contributed by atoms with Gasteiger partial charge in [0.15, 0.2) is 11.6 Å². The molecule has 1 saturated heterocycles. The minimum absolute atomic E-state index is 0.0354. The van der Waals surface area contributed by atoms with Crippen molar-refractivity contribution in [1.82, 2.24) is 14.8 Å². The fourth-order valence-electron chi connectivity index (χ4n) is 6.03. The number of pyridine rings is 1. The molecule has 2 amide bonds. The Balaban J connectivity index is 0.000000825. The summed E-state index contributed by atoms with van der Waals surface area (Å²) in [5.74, 6) is -2.30. The molecule has 0 spiro atoms. The van der Waals surface area contributed by atoms with Crippen molar-refractivity contribution in [3.63, 3.8) is 0 Å². The van der Waals surface area contributed by atoms with Gasteiger partial charge in [0.25, 0.3) is 11.8 Å². The third-order valence-corrected chi connectivity index (χ3v) is 9.54. The van der Waals surface area contributed by atoms with E-state index in [0.29, 0.717) is 19.0 Å². The molecule has 290 valence electrons. The number of carbonyl (C=O) groups is 3. The average molecular weight is 731 g/mol. The number of halogens is 2. The number of hydrogen-bond donors (Lipinski definition) is 1. The first-order valence-electron chi connectivity index (χ1n) is 18.5. The molecule has 3 unspecified atom stereocenters. The van der Waals surface area contributed by atoms with E-state index in [1.807, 2.05) is 13.8 Å². The number of methoxy groups -OCH3 is 1. The highest BCUT2D eigenvalue weighted by Crippen LogP contribution is 2.41. The molecule has 1 fully saturated rings. The third kappa shape index (κ3) is 12.0. The lowest BCUT2D eigenvalue weighted by Gasteiger charge is -2.46. The van der Waals surface area contributed by atoms with Crippen LogP contribution < -0.4 is 15.5 Å². The van der Waals surface area contributed by atoms with Crippen molar-refractivity contribution >= 4 is 23.7 Å². The number of nitrogens with zero attached hydrogens (tertiary/aromatic N) is 3. The molecule has 0 aliphatic carbocycles. The van der Waals surface area contributed by atoms with Crippen LogP contribution in [0.4, 0.5) is 8.78 Å². The highest BCUT2D eigenvalue weighted by atomic mass is 19.1. The zero-order chi connectivity index (χ0) is 39.2. The second-order valence-corrected chi connectivity index (χ2v) is 14.6. The number of aromatic nitrogens is 1. The van der Waals surface area contributed by atoms with Crippen LogP contribution in [0.2, 0.25) is 0 Å². The van der Waals surface area contributed by atoms with E-state index in [-0.39, 0.29) is 41.7 Å². The Kier molecular flexibility index (Phi) is 17.6.